The minimum absolute atomic E-state index is 0.263. The van der Waals surface area contributed by atoms with Crippen molar-refractivity contribution in [2.45, 2.75) is 31.6 Å². The molecule has 1 aromatic carbocycles. The number of amides is 1. The minimum Gasteiger partial charge on any atom is -0.312 e. The van der Waals surface area contributed by atoms with Crippen molar-refractivity contribution >= 4 is 11.6 Å². The van der Waals surface area contributed by atoms with Crippen LogP contribution >= 0.6 is 0 Å². The molecule has 0 spiro atoms. The zero-order chi connectivity index (χ0) is 17.2. The first-order chi connectivity index (χ1) is 12.2. The van der Waals surface area contributed by atoms with E-state index >= 15 is 0 Å². The molecule has 1 aromatic heterocycles. The van der Waals surface area contributed by atoms with Gasteiger partial charge >= 0.3 is 0 Å². The third kappa shape index (κ3) is 3.47. The molecule has 5 nitrogen and oxygen atoms in total. The Hall–Kier alpha value is -2.14. The maximum atomic E-state index is 12.6. The Morgan fingerprint density at radius 3 is 2.76 bits per heavy atom. The standard InChI is InChI=1S/C20H26N4O/c1-22-15-18(14-21-22)16-6-10-23(11-7-16)12-9-20(25)24-13-8-17-4-2-3-5-19(17)24/h2-5,14-16H,6-13H2,1H3. The van der Waals surface area contributed by atoms with Crippen LogP contribution < -0.4 is 4.90 Å². The van der Waals surface area contributed by atoms with Gasteiger partial charge in [-0.25, -0.2) is 0 Å². The average Bonchev–Trinajstić information content (AvgIpc) is 3.26. The second kappa shape index (κ2) is 7.00. The van der Waals surface area contributed by atoms with Gasteiger partial charge in [0.15, 0.2) is 0 Å². The molecule has 0 bridgehead atoms. The lowest BCUT2D eigenvalue weighted by Crippen LogP contribution is -2.37. The monoisotopic (exact) mass is 338 g/mol. The van der Waals surface area contributed by atoms with Crippen LogP contribution in [-0.2, 0) is 18.3 Å². The number of likely N-dealkylation sites (tertiary alicyclic amines) is 1. The van der Waals surface area contributed by atoms with E-state index in [1.54, 1.807) is 0 Å². The first kappa shape index (κ1) is 16.3. The fourth-order valence-corrected chi connectivity index (χ4v) is 4.13. The molecule has 4 rings (SSSR count). The molecule has 0 aliphatic carbocycles. The summed E-state index contributed by atoms with van der Waals surface area (Å²) in [5.74, 6) is 0.880. The van der Waals surface area contributed by atoms with Gasteiger partial charge in [0.25, 0.3) is 0 Å². The Morgan fingerprint density at radius 2 is 2.00 bits per heavy atom. The van der Waals surface area contributed by atoms with Crippen LogP contribution in [0.4, 0.5) is 5.69 Å². The zero-order valence-electron chi connectivity index (χ0n) is 14.9. The summed E-state index contributed by atoms with van der Waals surface area (Å²) in [5, 5.41) is 4.29. The highest BCUT2D eigenvalue weighted by Gasteiger charge is 2.26. The number of aromatic nitrogens is 2. The molecule has 25 heavy (non-hydrogen) atoms. The van der Waals surface area contributed by atoms with Crippen LogP contribution in [0.1, 0.15) is 36.3 Å². The second-order valence-electron chi connectivity index (χ2n) is 7.24. The van der Waals surface area contributed by atoms with Crippen LogP contribution in [0.2, 0.25) is 0 Å². The predicted molar refractivity (Wildman–Crippen MR) is 98.7 cm³/mol. The zero-order valence-corrected chi connectivity index (χ0v) is 14.9. The lowest BCUT2D eigenvalue weighted by atomic mass is 9.91. The molecule has 0 unspecified atom stereocenters. The van der Waals surface area contributed by atoms with Crippen molar-refractivity contribution in [1.82, 2.24) is 14.7 Å². The van der Waals surface area contributed by atoms with Gasteiger partial charge < -0.3 is 9.80 Å². The molecule has 1 fully saturated rings. The summed E-state index contributed by atoms with van der Waals surface area (Å²) in [5.41, 5.74) is 3.77. The van der Waals surface area contributed by atoms with Crippen LogP contribution in [0.15, 0.2) is 36.7 Å². The van der Waals surface area contributed by atoms with Gasteiger partial charge in [0.05, 0.1) is 6.20 Å². The van der Waals surface area contributed by atoms with Crippen molar-refractivity contribution in [1.29, 1.82) is 0 Å². The Morgan fingerprint density at radius 1 is 1.20 bits per heavy atom. The van der Waals surface area contributed by atoms with E-state index in [1.807, 2.05) is 28.9 Å². The van der Waals surface area contributed by atoms with Crippen molar-refractivity contribution in [2.75, 3.05) is 31.1 Å². The Balaban J connectivity index is 1.26. The van der Waals surface area contributed by atoms with E-state index in [-0.39, 0.29) is 5.91 Å². The highest BCUT2D eigenvalue weighted by Crippen LogP contribution is 2.29. The summed E-state index contributed by atoms with van der Waals surface area (Å²) in [6.45, 7) is 3.85. The number of piperidine rings is 1. The van der Waals surface area contributed by atoms with Crippen LogP contribution in [-0.4, -0.2) is 46.8 Å². The van der Waals surface area contributed by atoms with Crippen molar-refractivity contribution in [3.8, 4) is 0 Å². The average molecular weight is 338 g/mol. The van der Waals surface area contributed by atoms with E-state index in [9.17, 15) is 4.79 Å². The quantitative estimate of drug-likeness (QED) is 0.860. The Kier molecular flexibility index (Phi) is 4.57. The van der Waals surface area contributed by atoms with Gasteiger partial charge in [-0.05, 0) is 55.5 Å². The number of anilines is 1. The molecule has 0 saturated carbocycles. The van der Waals surface area contributed by atoms with Crippen LogP contribution in [0.25, 0.3) is 0 Å². The Labute approximate surface area is 149 Å². The number of nitrogens with zero attached hydrogens (tertiary/aromatic N) is 4. The summed E-state index contributed by atoms with van der Waals surface area (Å²) >= 11 is 0. The molecule has 1 amide bonds. The highest BCUT2D eigenvalue weighted by atomic mass is 16.2. The number of carbonyl (C=O) groups excluding carboxylic acids is 1. The molecular formula is C20H26N4O. The molecule has 0 N–H and O–H groups in total. The van der Waals surface area contributed by atoms with E-state index < -0.39 is 0 Å². The van der Waals surface area contributed by atoms with Gasteiger partial charge in [0.1, 0.15) is 0 Å². The van der Waals surface area contributed by atoms with Crippen molar-refractivity contribution in [3.63, 3.8) is 0 Å². The summed E-state index contributed by atoms with van der Waals surface area (Å²) in [7, 11) is 1.97. The number of benzene rings is 1. The fourth-order valence-electron chi connectivity index (χ4n) is 4.13. The van der Waals surface area contributed by atoms with E-state index in [0.717, 1.165) is 51.1 Å². The van der Waals surface area contributed by atoms with E-state index in [2.05, 4.69) is 34.4 Å². The van der Waals surface area contributed by atoms with Crippen molar-refractivity contribution in [2.24, 2.45) is 7.05 Å². The van der Waals surface area contributed by atoms with Gasteiger partial charge in [-0.3, -0.25) is 9.48 Å². The van der Waals surface area contributed by atoms with E-state index in [0.29, 0.717) is 12.3 Å². The number of para-hydroxylation sites is 1. The van der Waals surface area contributed by atoms with Crippen LogP contribution in [0, 0.1) is 0 Å². The van der Waals surface area contributed by atoms with E-state index in [4.69, 9.17) is 0 Å². The summed E-state index contributed by atoms with van der Waals surface area (Å²) in [4.78, 5) is 17.0. The molecule has 1 saturated heterocycles. The molecule has 132 valence electrons. The lowest BCUT2D eigenvalue weighted by molar-refractivity contribution is -0.118. The fraction of sp³-hybridized carbons (Fsp3) is 0.500. The first-order valence-corrected chi connectivity index (χ1v) is 9.30. The Bertz CT molecular complexity index is 746. The molecular weight excluding hydrogens is 312 g/mol. The number of hydrogen-bond acceptors (Lipinski definition) is 3. The molecule has 2 aliphatic heterocycles. The smallest absolute Gasteiger partial charge is 0.228 e. The summed E-state index contributed by atoms with van der Waals surface area (Å²) in [6.07, 6.45) is 8.05. The van der Waals surface area contributed by atoms with Crippen LogP contribution in [0.3, 0.4) is 0 Å². The highest BCUT2D eigenvalue weighted by molar-refractivity contribution is 5.95. The summed E-state index contributed by atoms with van der Waals surface area (Å²) < 4.78 is 1.88. The molecule has 0 radical (unpaired) electrons. The molecule has 2 aliphatic rings. The third-order valence-electron chi connectivity index (χ3n) is 5.61. The maximum Gasteiger partial charge on any atom is 0.228 e. The number of fused-ring (bicyclic) bond motifs is 1. The number of carbonyl (C=O) groups is 1. The topological polar surface area (TPSA) is 41.4 Å². The van der Waals surface area contributed by atoms with Crippen LogP contribution in [0.5, 0.6) is 0 Å². The van der Waals surface area contributed by atoms with Gasteiger partial charge in [0.2, 0.25) is 5.91 Å². The SMILES string of the molecule is Cn1cc(C2CCN(CCC(=O)N3CCc4ccccc43)CC2)cn1. The van der Waals surface area contributed by atoms with Gasteiger partial charge in [-0.1, -0.05) is 18.2 Å². The largest absolute Gasteiger partial charge is 0.312 e. The van der Waals surface area contributed by atoms with E-state index in [1.165, 1.54) is 11.1 Å². The van der Waals surface area contributed by atoms with Crippen molar-refractivity contribution in [3.05, 3.63) is 47.8 Å². The summed E-state index contributed by atoms with van der Waals surface area (Å²) in [6, 6.07) is 8.28. The third-order valence-corrected chi connectivity index (χ3v) is 5.61. The number of rotatable bonds is 4. The second-order valence-corrected chi connectivity index (χ2v) is 7.24. The minimum atomic E-state index is 0.263. The van der Waals surface area contributed by atoms with Gasteiger partial charge in [0, 0.05) is 38.4 Å². The lowest BCUT2D eigenvalue weighted by Gasteiger charge is -2.31. The molecule has 3 heterocycles. The number of hydrogen-bond donors (Lipinski definition) is 0. The molecule has 2 aromatic rings. The van der Waals surface area contributed by atoms with Gasteiger partial charge in [-0.15, -0.1) is 0 Å². The first-order valence-electron chi connectivity index (χ1n) is 9.30. The normalized spacial score (nSPS) is 18.5. The van der Waals surface area contributed by atoms with Gasteiger partial charge in [-0.2, -0.15) is 5.10 Å². The number of aryl methyl sites for hydroxylation is 1. The molecule has 0 atom stereocenters. The molecule has 5 heteroatoms. The van der Waals surface area contributed by atoms with Crippen molar-refractivity contribution < 1.29 is 4.79 Å². The predicted octanol–water partition coefficient (Wildman–Crippen LogP) is 2.58. The maximum absolute atomic E-state index is 12.6.